The van der Waals surface area contributed by atoms with E-state index in [-0.39, 0.29) is 0 Å². The van der Waals surface area contributed by atoms with Crippen LogP contribution in [0.15, 0.2) is 18.2 Å². The Hall–Kier alpha value is -1.06. The third-order valence-electron chi connectivity index (χ3n) is 5.12. The van der Waals surface area contributed by atoms with Gasteiger partial charge in [-0.3, -0.25) is 4.90 Å². The number of aromatic hydroxyl groups is 1. The molecule has 1 heterocycles. The SMILES string of the molecule is CN(C)CC1CCN(C2CCCc3cc(O)ccc32)CC1. The molecule has 1 saturated heterocycles. The standard InChI is InChI=1S/C18H28N2O/c1-19(2)13-14-8-10-20(11-9-14)18-5-3-4-15-12-16(21)6-7-17(15)18/h6-7,12,14,18,21H,3-5,8-11,13H2,1-2H3. The molecule has 3 nitrogen and oxygen atoms in total. The molecule has 0 radical (unpaired) electrons. The lowest BCUT2D eigenvalue weighted by molar-refractivity contribution is 0.110. The highest BCUT2D eigenvalue weighted by molar-refractivity contribution is 5.38. The lowest BCUT2D eigenvalue weighted by atomic mass is 9.85. The molecule has 1 N–H and O–H groups in total. The maximum absolute atomic E-state index is 9.69. The number of phenolic OH excluding ortho intramolecular Hbond substituents is 1. The van der Waals surface area contributed by atoms with Gasteiger partial charge in [0.15, 0.2) is 0 Å². The molecule has 1 fully saturated rings. The molecule has 0 saturated carbocycles. The highest BCUT2D eigenvalue weighted by Gasteiger charge is 2.29. The first-order valence-corrected chi connectivity index (χ1v) is 8.34. The number of hydrogen-bond donors (Lipinski definition) is 1. The molecule has 116 valence electrons. The van der Waals surface area contributed by atoms with Crippen LogP contribution < -0.4 is 0 Å². The van der Waals surface area contributed by atoms with Crippen LogP contribution in [0.2, 0.25) is 0 Å². The minimum absolute atomic E-state index is 0.416. The molecule has 0 spiro atoms. The second-order valence-electron chi connectivity index (χ2n) is 7.03. The van der Waals surface area contributed by atoms with E-state index in [9.17, 15) is 5.11 Å². The number of hydrogen-bond acceptors (Lipinski definition) is 3. The molecule has 1 aromatic rings. The number of nitrogens with zero attached hydrogens (tertiary/aromatic N) is 2. The van der Waals surface area contributed by atoms with E-state index in [1.807, 2.05) is 12.1 Å². The van der Waals surface area contributed by atoms with Gasteiger partial charge in [0.2, 0.25) is 0 Å². The number of rotatable bonds is 3. The van der Waals surface area contributed by atoms with Crippen molar-refractivity contribution in [2.45, 2.75) is 38.1 Å². The Morgan fingerprint density at radius 1 is 1.19 bits per heavy atom. The maximum atomic E-state index is 9.69. The first-order valence-electron chi connectivity index (χ1n) is 8.34. The van der Waals surface area contributed by atoms with Crippen LogP contribution in [0.25, 0.3) is 0 Å². The van der Waals surface area contributed by atoms with Gasteiger partial charge in [-0.05, 0) is 88.5 Å². The minimum Gasteiger partial charge on any atom is -0.508 e. The smallest absolute Gasteiger partial charge is 0.115 e. The second-order valence-corrected chi connectivity index (χ2v) is 7.03. The predicted molar refractivity (Wildman–Crippen MR) is 86.6 cm³/mol. The van der Waals surface area contributed by atoms with Crippen molar-refractivity contribution in [2.75, 3.05) is 33.7 Å². The normalized spacial score (nSPS) is 24.2. The summed E-state index contributed by atoms with van der Waals surface area (Å²) in [5.41, 5.74) is 2.83. The second kappa shape index (κ2) is 6.37. The molecule has 2 aliphatic rings. The highest BCUT2D eigenvalue weighted by Crippen LogP contribution is 2.37. The summed E-state index contributed by atoms with van der Waals surface area (Å²) in [7, 11) is 4.35. The van der Waals surface area contributed by atoms with Gasteiger partial charge in [0.05, 0.1) is 0 Å². The largest absolute Gasteiger partial charge is 0.508 e. The third-order valence-corrected chi connectivity index (χ3v) is 5.12. The molecule has 0 aromatic heterocycles. The molecule has 3 heteroatoms. The first-order chi connectivity index (χ1) is 10.1. The third kappa shape index (κ3) is 3.41. The van der Waals surface area contributed by atoms with Crippen LogP contribution in [-0.4, -0.2) is 48.6 Å². The highest BCUT2D eigenvalue weighted by atomic mass is 16.3. The Morgan fingerprint density at radius 3 is 2.67 bits per heavy atom. The zero-order valence-electron chi connectivity index (χ0n) is 13.4. The summed E-state index contributed by atoms with van der Waals surface area (Å²) in [6, 6.07) is 6.56. The summed E-state index contributed by atoms with van der Waals surface area (Å²) < 4.78 is 0. The van der Waals surface area contributed by atoms with Gasteiger partial charge in [0.25, 0.3) is 0 Å². The molecule has 3 rings (SSSR count). The van der Waals surface area contributed by atoms with E-state index >= 15 is 0 Å². The average Bonchev–Trinajstić information content (AvgIpc) is 2.46. The van der Waals surface area contributed by atoms with E-state index in [2.05, 4.69) is 30.0 Å². The van der Waals surface area contributed by atoms with E-state index in [0.717, 1.165) is 12.3 Å². The topological polar surface area (TPSA) is 26.7 Å². The van der Waals surface area contributed by atoms with Crippen molar-refractivity contribution < 1.29 is 5.11 Å². The van der Waals surface area contributed by atoms with Crippen molar-refractivity contribution in [3.8, 4) is 5.75 Å². The van der Waals surface area contributed by atoms with Gasteiger partial charge < -0.3 is 10.0 Å². The number of benzene rings is 1. The van der Waals surface area contributed by atoms with Crippen molar-refractivity contribution in [3.05, 3.63) is 29.3 Å². The lowest BCUT2D eigenvalue weighted by Gasteiger charge is -2.40. The molecule has 0 bridgehead atoms. The van der Waals surface area contributed by atoms with Gasteiger partial charge in [-0.15, -0.1) is 0 Å². The predicted octanol–water partition coefficient (Wildman–Crippen LogP) is 3.04. The molecular formula is C18H28N2O. The van der Waals surface area contributed by atoms with Crippen LogP contribution in [0.4, 0.5) is 0 Å². The molecule has 21 heavy (non-hydrogen) atoms. The van der Waals surface area contributed by atoms with Crippen LogP contribution in [0, 0.1) is 5.92 Å². The fraction of sp³-hybridized carbons (Fsp3) is 0.667. The minimum atomic E-state index is 0.416. The summed E-state index contributed by atoms with van der Waals surface area (Å²) >= 11 is 0. The van der Waals surface area contributed by atoms with Gasteiger partial charge in [-0.2, -0.15) is 0 Å². The van der Waals surface area contributed by atoms with Crippen LogP contribution in [0.3, 0.4) is 0 Å². The molecule has 1 aliphatic carbocycles. The Morgan fingerprint density at radius 2 is 1.95 bits per heavy atom. The van der Waals surface area contributed by atoms with Crippen LogP contribution in [0.5, 0.6) is 5.75 Å². The van der Waals surface area contributed by atoms with Gasteiger partial charge in [-0.25, -0.2) is 0 Å². The Kier molecular flexibility index (Phi) is 4.51. The number of aryl methyl sites for hydroxylation is 1. The van der Waals surface area contributed by atoms with E-state index in [1.54, 1.807) is 0 Å². The van der Waals surface area contributed by atoms with E-state index in [0.29, 0.717) is 11.8 Å². The summed E-state index contributed by atoms with van der Waals surface area (Å²) in [5, 5.41) is 9.69. The van der Waals surface area contributed by atoms with Crippen LogP contribution >= 0.6 is 0 Å². The van der Waals surface area contributed by atoms with Crippen LogP contribution in [-0.2, 0) is 6.42 Å². The zero-order chi connectivity index (χ0) is 14.8. The van der Waals surface area contributed by atoms with Gasteiger partial charge in [0.1, 0.15) is 5.75 Å². The fourth-order valence-electron chi connectivity index (χ4n) is 4.12. The molecule has 1 atom stereocenters. The van der Waals surface area contributed by atoms with Crippen LogP contribution in [0.1, 0.15) is 42.9 Å². The first kappa shape index (κ1) is 14.9. The lowest BCUT2D eigenvalue weighted by Crippen LogP contribution is -2.40. The number of likely N-dealkylation sites (tertiary alicyclic amines) is 1. The molecule has 1 aliphatic heterocycles. The number of piperidine rings is 1. The molecule has 1 unspecified atom stereocenters. The Balaban J connectivity index is 1.67. The van der Waals surface area contributed by atoms with Crippen molar-refractivity contribution in [1.29, 1.82) is 0 Å². The van der Waals surface area contributed by atoms with E-state index < -0.39 is 0 Å². The van der Waals surface area contributed by atoms with Crippen molar-refractivity contribution in [3.63, 3.8) is 0 Å². The molecule has 0 amide bonds. The van der Waals surface area contributed by atoms with Crippen molar-refractivity contribution in [1.82, 2.24) is 9.80 Å². The number of phenols is 1. The van der Waals surface area contributed by atoms with Gasteiger partial charge in [0, 0.05) is 12.6 Å². The number of fused-ring (bicyclic) bond motifs is 1. The monoisotopic (exact) mass is 288 g/mol. The summed E-state index contributed by atoms with van der Waals surface area (Å²) in [6.07, 6.45) is 6.29. The summed E-state index contributed by atoms with van der Waals surface area (Å²) in [6.45, 7) is 3.68. The summed E-state index contributed by atoms with van der Waals surface area (Å²) in [5.74, 6) is 1.28. The fourth-order valence-corrected chi connectivity index (χ4v) is 4.12. The van der Waals surface area contributed by atoms with Crippen molar-refractivity contribution in [2.24, 2.45) is 5.92 Å². The Labute approximate surface area is 128 Å². The summed E-state index contributed by atoms with van der Waals surface area (Å²) in [4.78, 5) is 5.00. The Bertz CT molecular complexity index is 478. The van der Waals surface area contributed by atoms with Crippen molar-refractivity contribution >= 4 is 0 Å². The zero-order valence-corrected chi connectivity index (χ0v) is 13.4. The van der Waals surface area contributed by atoms with E-state index in [1.165, 1.54) is 56.4 Å². The maximum Gasteiger partial charge on any atom is 0.115 e. The quantitative estimate of drug-likeness (QED) is 0.926. The molecule has 1 aromatic carbocycles. The molecular weight excluding hydrogens is 260 g/mol. The van der Waals surface area contributed by atoms with E-state index in [4.69, 9.17) is 0 Å². The average molecular weight is 288 g/mol. The van der Waals surface area contributed by atoms with Gasteiger partial charge in [-0.1, -0.05) is 6.07 Å². The van der Waals surface area contributed by atoms with Gasteiger partial charge >= 0.3 is 0 Å².